The Kier molecular flexibility index (Phi) is 7.87. The molecule has 51 heavy (non-hydrogen) atoms. The summed E-state index contributed by atoms with van der Waals surface area (Å²) in [7, 11) is 0. The molecule has 8 aromatic rings. The molecule has 1 aliphatic carbocycles. The molecule has 0 amide bonds. The van der Waals surface area contributed by atoms with E-state index in [0.29, 0.717) is 11.7 Å². The van der Waals surface area contributed by atoms with Gasteiger partial charge >= 0.3 is 0 Å². The highest BCUT2D eigenvalue weighted by Crippen LogP contribution is 2.34. The summed E-state index contributed by atoms with van der Waals surface area (Å²) in [5.74, 6) is 1.28. The number of pyridine rings is 1. The molecule has 0 saturated carbocycles. The molecule has 0 fully saturated rings. The van der Waals surface area contributed by atoms with Gasteiger partial charge in [0.25, 0.3) is 0 Å². The van der Waals surface area contributed by atoms with Crippen LogP contribution in [0.3, 0.4) is 0 Å². The van der Waals surface area contributed by atoms with E-state index in [4.69, 9.17) is 9.97 Å². The third-order valence-corrected chi connectivity index (χ3v) is 9.91. The van der Waals surface area contributed by atoms with Gasteiger partial charge in [-0.2, -0.15) is 0 Å². The Morgan fingerprint density at radius 3 is 1.82 bits per heavy atom. The van der Waals surface area contributed by atoms with Gasteiger partial charge in [-0.3, -0.25) is 4.98 Å². The van der Waals surface area contributed by atoms with Crippen LogP contribution < -0.4 is 0 Å². The highest BCUT2D eigenvalue weighted by atomic mass is 14.9. The molecule has 0 N–H and O–H groups in total. The third-order valence-electron chi connectivity index (χ3n) is 9.91. The van der Waals surface area contributed by atoms with Crippen molar-refractivity contribution >= 4 is 16.8 Å². The number of nitrogens with zero attached hydrogens (tertiary/aromatic N) is 3. The molecule has 3 heteroatoms. The summed E-state index contributed by atoms with van der Waals surface area (Å²) in [6, 6.07) is 54.0. The van der Waals surface area contributed by atoms with Gasteiger partial charge in [0.05, 0.1) is 11.4 Å². The SMILES string of the molecule is CC1C=Cc2cc(-c3ccc(-c4cc(-c5ccc(-c6cccnc6)cc5)nc(-c5cccc(-c6ccc7ccccc7c6)c5)n4)cc3)ccc2C1. The van der Waals surface area contributed by atoms with Crippen LogP contribution in [0.25, 0.3) is 84.1 Å². The third kappa shape index (κ3) is 6.26. The average Bonchev–Trinajstić information content (AvgIpc) is 3.21. The lowest BCUT2D eigenvalue weighted by Gasteiger charge is -2.17. The molecule has 1 unspecified atom stereocenters. The topological polar surface area (TPSA) is 38.7 Å². The van der Waals surface area contributed by atoms with Gasteiger partial charge in [0.15, 0.2) is 5.82 Å². The largest absolute Gasteiger partial charge is 0.264 e. The first-order chi connectivity index (χ1) is 25.1. The van der Waals surface area contributed by atoms with Crippen LogP contribution >= 0.6 is 0 Å². The lowest BCUT2D eigenvalue weighted by Crippen LogP contribution is -2.03. The van der Waals surface area contributed by atoms with Gasteiger partial charge in [-0.1, -0.05) is 140 Å². The minimum atomic E-state index is 0.588. The van der Waals surface area contributed by atoms with E-state index in [0.717, 1.165) is 51.2 Å². The number of aromatic nitrogens is 3. The minimum absolute atomic E-state index is 0.588. The molecule has 2 heterocycles. The summed E-state index contributed by atoms with van der Waals surface area (Å²) in [6.45, 7) is 2.27. The van der Waals surface area contributed by atoms with Gasteiger partial charge in [-0.05, 0) is 98.0 Å². The predicted octanol–water partition coefficient (Wildman–Crippen LogP) is 12.2. The Labute approximate surface area is 298 Å². The van der Waals surface area contributed by atoms with Gasteiger partial charge in [0, 0.05) is 29.1 Å². The van der Waals surface area contributed by atoms with Crippen molar-refractivity contribution in [1.29, 1.82) is 0 Å². The summed E-state index contributed by atoms with van der Waals surface area (Å²) in [5.41, 5.74) is 14.5. The second kappa shape index (κ2) is 13.1. The molecule has 0 aliphatic heterocycles. The minimum Gasteiger partial charge on any atom is -0.264 e. The Morgan fingerprint density at radius 2 is 1.08 bits per heavy atom. The smallest absolute Gasteiger partial charge is 0.160 e. The highest BCUT2D eigenvalue weighted by Gasteiger charge is 2.14. The molecule has 0 bridgehead atoms. The van der Waals surface area contributed by atoms with Crippen LogP contribution in [0.5, 0.6) is 0 Å². The molecule has 3 nitrogen and oxygen atoms in total. The molecule has 0 saturated heterocycles. The molecule has 1 aliphatic rings. The van der Waals surface area contributed by atoms with E-state index in [1.165, 1.54) is 38.6 Å². The molecule has 2 aromatic heterocycles. The molecule has 0 spiro atoms. The van der Waals surface area contributed by atoms with E-state index in [9.17, 15) is 0 Å². The first-order valence-electron chi connectivity index (χ1n) is 17.5. The lowest BCUT2D eigenvalue weighted by molar-refractivity contribution is 0.717. The van der Waals surface area contributed by atoms with Crippen molar-refractivity contribution < 1.29 is 0 Å². The summed E-state index contributed by atoms with van der Waals surface area (Å²) in [5, 5.41) is 2.46. The van der Waals surface area contributed by atoms with Gasteiger partial charge in [0.1, 0.15) is 0 Å². The zero-order valence-electron chi connectivity index (χ0n) is 28.4. The van der Waals surface area contributed by atoms with Crippen molar-refractivity contribution in [3.63, 3.8) is 0 Å². The van der Waals surface area contributed by atoms with Crippen LogP contribution in [-0.4, -0.2) is 15.0 Å². The quantitative estimate of drug-likeness (QED) is 0.179. The van der Waals surface area contributed by atoms with Gasteiger partial charge in [0.2, 0.25) is 0 Å². The maximum atomic E-state index is 5.19. The van der Waals surface area contributed by atoms with Crippen molar-refractivity contribution in [1.82, 2.24) is 15.0 Å². The van der Waals surface area contributed by atoms with Crippen LogP contribution in [0, 0.1) is 5.92 Å². The maximum Gasteiger partial charge on any atom is 0.160 e. The van der Waals surface area contributed by atoms with E-state index < -0.39 is 0 Å². The molecule has 0 radical (unpaired) electrons. The standard InChI is InChI=1S/C48H35N3/c1-32-11-12-42-28-41(24-23-40(42)26-32)34-13-18-36(19-14-34)46-30-47(37-20-15-35(16-21-37)45-10-5-25-49-31-45)51-48(50-46)44-9-4-8-39(29-44)43-22-17-33-6-2-3-7-38(33)27-43/h2-25,27-32H,26H2,1H3. The lowest BCUT2D eigenvalue weighted by atomic mass is 9.88. The van der Waals surface area contributed by atoms with Crippen molar-refractivity contribution in [3.05, 3.63) is 181 Å². The number of benzene rings is 6. The summed E-state index contributed by atoms with van der Waals surface area (Å²) >= 11 is 0. The van der Waals surface area contributed by atoms with Gasteiger partial charge in [-0.25, -0.2) is 9.97 Å². The molecular weight excluding hydrogens is 619 g/mol. The van der Waals surface area contributed by atoms with E-state index >= 15 is 0 Å². The van der Waals surface area contributed by atoms with Crippen LogP contribution in [-0.2, 0) is 6.42 Å². The number of hydrogen-bond acceptors (Lipinski definition) is 3. The Morgan fingerprint density at radius 1 is 0.471 bits per heavy atom. The fourth-order valence-corrected chi connectivity index (χ4v) is 7.08. The monoisotopic (exact) mass is 653 g/mol. The average molecular weight is 654 g/mol. The number of allylic oxidation sites excluding steroid dienone is 1. The molecule has 6 aromatic carbocycles. The van der Waals surface area contributed by atoms with Crippen molar-refractivity contribution in [2.45, 2.75) is 13.3 Å². The van der Waals surface area contributed by atoms with Crippen molar-refractivity contribution in [2.24, 2.45) is 5.92 Å². The summed E-state index contributed by atoms with van der Waals surface area (Å²) in [6.07, 6.45) is 9.37. The van der Waals surface area contributed by atoms with Crippen molar-refractivity contribution in [2.75, 3.05) is 0 Å². The zero-order valence-corrected chi connectivity index (χ0v) is 28.4. The Balaban J connectivity index is 1.11. The predicted molar refractivity (Wildman–Crippen MR) is 212 cm³/mol. The van der Waals surface area contributed by atoms with Gasteiger partial charge in [-0.15, -0.1) is 0 Å². The van der Waals surface area contributed by atoms with Crippen LogP contribution in [0.4, 0.5) is 0 Å². The number of rotatable bonds is 6. The zero-order chi connectivity index (χ0) is 34.1. The Hall–Kier alpha value is -6.45. The Bertz CT molecular complexity index is 2550. The fraction of sp³-hybridized carbons (Fsp3) is 0.0625. The second-order valence-electron chi connectivity index (χ2n) is 13.5. The molecular formula is C48H35N3. The number of fused-ring (bicyclic) bond motifs is 2. The molecule has 1 atom stereocenters. The van der Waals surface area contributed by atoms with E-state index in [1.807, 2.05) is 12.3 Å². The van der Waals surface area contributed by atoms with Gasteiger partial charge < -0.3 is 0 Å². The van der Waals surface area contributed by atoms with E-state index in [1.54, 1.807) is 6.20 Å². The highest BCUT2D eigenvalue weighted by molar-refractivity contribution is 5.88. The van der Waals surface area contributed by atoms with E-state index in [2.05, 4.69) is 170 Å². The van der Waals surface area contributed by atoms with Crippen LogP contribution in [0.15, 0.2) is 170 Å². The first-order valence-corrected chi connectivity index (χ1v) is 17.5. The van der Waals surface area contributed by atoms with Crippen LogP contribution in [0.1, 0.15) is 18.1 Å². The second-order valence-corrected chi connectivity index (χ2v) is 13.5. The fourth-order valence-electron chi connectivity index (χ4n) is 7.08. The first kappa shape index (κ1) is 30.6. The summed E-state index contributed by atoms with van der Waals surface area (Å²) < 4.78 is 0. The number of hydrogen-bond donors (Lipinski definition) is 0. The maximum absolute atomic E-state index is 5.19. The van der Waals surface area contributed by atoms with Crippen molar-refractivity contribution in [3.8, 4) is 67.3 Å². The summed E-state index contributed by atoms with van der Waals surface area (Å²) in [4.78, 5) is 14.7. The molecule has 242 valence electrons. The molecule has 9 rings (SSSR count). The van der Waals surface area contributed by atoms with E-state index in [-0.39, 0.29) is 0 Å². The van der Waals surface area contributed by atoms with Crippen LogP contribution in [0.2, 0.25) is 0 Å². The normalized spacial score (nSPS) is 13.6.